The molecule has 1 atom stereocenters. The van der Waals surface area contributed by atoms with Crippen LogP contribution in [0.5, 0.6) is 0 Å². The number of benzene rings is 1. The molecule has 150 valence electrons. The van der Waals surface area contributed by atoms with Crippen molar-refractivity contribution < 1.29 is 28.3 Å². The minimum Gasteiger partial charge on any atom is -0.845 e. The Kier molecular flexibility index (Phi) is 6.31. The second-order valence-electron chi connectivity index (χ2n) is 6.71. The molecular formula is C19H23FN4O4. The van der Waals surface area contributed by atoms with E-state index in [-0.39, 0.29) is 25.4 Å². The number of ether oxygens (including phenoxy) is 2. The molecule has 2 aliphatic rings. The molecule has 0 radical (unpaired) electrons. The van der Waals surface area contributed by atoms with Gasteiger partial charge in [-0.1, -0.05) is 6.92 Å². The first-order chi connectivity index (χ1) is 13.5. The van der Waals surface area contributed by atoms with Crippen LogP contribution in [0.15, 0.2) is 18.2 Å². The van der Waals surface area contributed by atoms with E-state index in [4.69, 9.17) is 14.7 Å². The van der Waals surface area contributed by atoms with Crippen LogP contribution >= 0.6 is 0 Å². The monoisotopic (exact) mass is 390 g/mol. The quantitative estimate of drug-likeness (QED) is 0.237. The number of hydrogen-bond donors (Lipinski definition) is 0. The molecule has 2 aliphatic heterocycles. The van der Waals surface area contributed by atoms with Gasteiger partial charge in [-0.25, -0.2) is 9.18 Å². The molecule has 28 heavy (non-hydrogen) atoms. The topological polar surface area (TPSA) is 91.9 Å². The highest BCUT2D eigenvalue weighted by Gasteiger charge is 2.35. The summed E-state index contributed by atoms with van der Waals surface area (Å²) in [6.07, 6.45) is 1.45. The minimum atomic E-state index is -0.644. The number of hydrogen-bond acceptors (Lipinski definition) is 6. The Balaban J connectivity index is 1.71. The fourth-order valence-electron chi connectivity index (χ4n) is 3.30. The van der Waals surface area contributed by atoms with Crippen LogP contribution in [0.25, 0.3) is 0 Å². The molecule has 0 aliphatic carbocycles. The van der Waals surface area contributed by atoms with Crippen LogP contribution in [0.4, 0.5) is 20.6 Å². The highest BCUT2D eigenvalue weighted by Crippen LogP contribution is 2.28. The van der Waals surface area contributed by atoms with Crippen molar-refractivity contribution in [1.29, 1.82) is 5.26 Å². The summed E-state index contributed by atoms with van der Waals surface area (Å²) in [7, 11) is 0. The van der Waals surface area contributed by atoms with Gasteiger partial charge >= 0.3 is 12.3 Å². The Hall–Kier alpha value is -2.86. The highest BCUT2D eigenvalue weighted by atomic mass is 19.1. The smallest absolute Gasteiger partial charge is 0.458 e. The van der Waals surface area contributed by atoms with Crippen LogP contribution in [0.3, 0.4) is 0 Å². The van der Waals surface area contributed by atoms with Crippen molar-refractivity contribution in [2.75, 3.05) is 49.2 Å². The normalized spacial score (nSPS) is 20.6. The number of morpholine rings is 1. The second kappa shape index (κ2) is 8.89. The molecule has 0 saturated carbocycles. The molecule has 2 saturated heterocycles. The van der Waals surface area contributed by atoms with Gasteiger partial charge < -0.3 is 19.5 Å². The molecule has 0 N–H and O–H groups in total. The van der Waals surface area contributed by atoms with Crippen molar-refractivity contribution in [3.8, 4) is 6.19 Å². The van der Waals surface area contributed by atoms with Gasteiger partial charge in [-0.2, -0.15) is 4.58 Å². The summed E-state index contributed by atoms with van der Waals surface area (Å²) >= 11 is 0. The fourth-order valence-corrected chi connectivity index (χ4v) is 3.30. The van der Waals surface area contributed by atoms with Gasteiger partial charge in [0.25, 0.3) is 0 Å². The molecule has 2 heterocycles. The van der Waals surface area contributed by atoms with E-state index in [1.165, 1.54) is 11.0 Å². The summed E-state index contributed by atoms with van der Waals surface area (Å²) in [5, 5.41) is 21.1. The van der Waals surface area contributed by atoms with E-state index < -0.39 is 18.0 Å². The predicted octanol–water partition coefficient (Wildman–Crippen LogP) is 1.04. The zero-order valence-electron chi connectivity index (χ0n) is 15.8. The number of anilines is 2. The standard InChI is InChI=1S/C19H23FN4O4/c1-2-3-18(25)23(13-21)11-15-12-24(19(26)28-15)14-4-5-17(16(20)10-14)22-6-8-27-9-7-22/h4-5,10,15H,2-3,6-9,11-12H2,1H3/t15-/m0/s1. The molecule has 8 nitrogen and oxygen atoms in total. The Morgan fingerprint density at radius 1 is 1.43 bits per heavy atom. The van der Waals surface area contributed by atoms with Crippen molar-refractivity contribution >= 4 is 23.4 Å². The van der Waals surface area contributed by atoms with E-state index in [2.05, 4.69) is 0 Å². The molecule has 0 aromatic heterocycles. The third-order valence-corrected chi connectivity index (χ3v) is 4.74. The Bertz CT molecular complexity index is 802. The average Bonchev–Trinajstić information content (AvgIpc) is 3.07. The van der Waals surface area contributed by atoms with Crippen LogP contribution in [0.1, 0.15) is 19.8 Å². The number of nitriles is 1. The van der Waals surface area contributed by atoms with Crippen molar-refractivity contribution in [2.45, 2.75) is 25.9 Å². The van der Waals surface area contributed by atoms with Crippen LogP contribution in [0, 0.1) is 17.3 Å². The molecule has 1 aromatic rings. The molecule has 1 aromatic carbocycles. The van der Waals surface area contributed by atoms with Crippen molar-refractivity contribution in [1.82, 2.24) is 0 Å². The lowest BCUT2D eigenvalue weighted by Gasteiger charge is -2.29. The summed E-state index contributed by atoms with van der Waals surface area (Å²) in [6.45, 7) is 4.30. The number of carbonyl (C=O) groups is 1. The molecule has 9 heteroatoms. The molecular weight excluding hydrogens is 367 g/mol. The van der Waals surface area contributed by atoms with E-state index in [9.17, 15) is 14.3 Å². The van der Waals surface area contributed by atoms with Gasteiger partial charge in [-0.05, 0) is 31.0 Å². The maximum Gasteiger partial charge on any atom is 0.458 e. The van der Waals surface area contributed by atoms with Crippen LogP contribution in [-0.4, -0.2) is 62.1 Å². The zero-order valence-corrected chi connectivity index (χ0v) is 15.8. The molecule has 0 bridgehead atoms. The molecule has 0 spiro atoms. The first kappa shape index (κ1) is 19.9. The average molecular weight is 390 g/mol. The Morgan fingerprint density at radius 3 is 2.82 bits per heavy atom. The first-order valence-corrected chi connectivity index (χ1v) is 9.34. The summed E-state index contributed by atoms with van der Waals surface area (Å²) < 4.78 is 26.2. The second-order valence-corrected chi connectivity index (χ2v) is 6.71. The third-order valence-electron chi connectivity index (χ3n) is 4.74. The maximum atomic E-state index is 14.6. The SMILES string of the molecule is CCCC([O-])=[N+](C#N)C[C@H]1CN(c2ccc(N3CCOCC3)c(F)c2)C(=O)O1. The number of nitrogens with zero attached hydrogens (tertiary/aromatic N) is 4. The molecule has 1 amide bonds. The van der Waals surface area contributed by atoms with Gasteiger partial charge in [0.2, 0.25) is 0 Å². The molecule has 0 unspecified atom stereocenters. The van der Waals surface area contributed by atoms with Gasteiger partial charge in [-0.3, -0.25) is 4.90 Å². The fraction of sp³-hybridized carbons (Fsp3) is 0.526. The van der Waals surface area contributed by atoms with Gasteiger partial charge in [0.05, 0.1) is 31.1 Å². The van der Waals surface area contributed by atoms with E-state index in [1.807, 2.05) is 18.0 Å². The van der Waals surface area contributed by atoms with Crippen molar-refractivity contribution in [3.05, 3.63) is 24.0 Å². The lowest BCUT2D eigenvalue weighted by atomic mass is 10.2. The van der Waals surface area contributed by atoms with Gasteiger partial charge in [0.15, 0.2) is 11.4 Å². The van der Waals surface area contributed by atoms with Crippen molar-refractivity contribution in [2.24, 2.45) is 0 Å². The molecule has 3 rings (SSSR count). The number of amides is 1. The van der Waals surface area contributed by atoms with Gasteiger partial charge in [0, 0.05) is 19.0 Å². The minimum absolute atomic E-state index is 0.00802. The van der Waals surface area contributed by atoms with E-state index in [0.717, 1.165) is 4.58 Å². The first-order valence-electron chi connectivity index (χ1n) is 9.34. The third kappa shape index (κ3) is 4.34. The zero-order chi connectivity index (χ0) is 20.1. The van der Waals surface area contributed by atoms with Crippen LogP contribution in [0.2, 0.25) is 0 Å². The predicted molar refractivity (Wildman–Crippen MR) is 97.7 cm³/mol. The Labute approximate surface area is 163 Å². The van der Waals surface area contributed by atoms with E-state index >= 15 is 0 Å². The maximum absolute atomic E-state index is 14.6. The lowest BCUT2D eigenvalue weighted by Crippen LogP contribution is -2.37. The number of rotatable bonds is 6. The lowest BCUT2D eigenvalue weighted by molar-refractivity contribution is -0.495. The van der Waals surface area contributed by atoms with Gasteiger partial charge in [0.1, 0.15) is 12.4 Å². The number of cyclic esters (lactones) is 1. The highest BCUT2D eigenvalue weighted by molar-refractivity contribution is 5.90. The number of carbonyl (C=O) groups excluding carboxylic acids is 1. The largest absolute Gasteiger partial charge is 0.845 e. The summed E-state index contributed by atoms with van der Waals surface area (Å²) in [5.74, 6) is -0.729. The van der Waals surface area contributed by atoms with Crippen LogP contribution < -0.4 is 14.9 Å². The Morgan fingerprint density at radius 2 is 2.18 bits per heavy atom. The van der Waals surface area contributed by atoms with Gasteiger partial charge in [-0.15, -0.1) is 0 Å². The van der Waals surface area contributed by atoms with E-state index in [1.54, 1.807) is 12.1 Å². The van der Waals surface area contributed by atoms with Crippen LogP contribution in [-0.2, 0) is 9.47 Å². The van der Waals surface area contributed by atoms with Crippen molar-refractivity contribution in [3.63, 3.8) is 0 Å². The number of halogens is 1. The summed E-state index contributed by atoms with van der Waals surface area (Å²) in [5.41, 5.74) is 0.849. The summed E-state index contributed by atoms with van der Waals surface area (Å²) in [6, 6.07) is 4.61. The molecule has 2 fully saturated rings. The summed E-state index contributed by atoms with van der Waals surface area (Å²) in [4.78, 5) is 15.4. The van der Waals surface area contributed by atoms with E-state index in [0.29, 0.717) is 44.1 Å².